The fourth-order valence-electron chi connectivity index (χ4n) is 2.06. The second-order valence-electron chi connectivity index (χ2n) is 5.13. The topological polar surface area (TPSA) is 32.3 Å². The van der Waals surface area contributed by atoms with Gasteiger partial charge in [0.25, 0.3) is 5.91 Å². The molecule has 0 aromatic heterocycles. The SMILES string of the molecule is CC(CNC(=O)c1cc(Cl)ccc1Br)N(C)c1ccccc1. The smallest absolute Gasteiger partial charge is 0.252 e. The van der Waals surface area contributed by atoms with Crippen LogP contribution in [0.1, 0.15) is 17.3 Å². The van der Waals surface area contributed by atoms with Gasteiger partial charge in [0.2, 0.25) is 0 Å². The van der Waals surface area contributed by atoms with E-state index in [2.05, 4.69) is 33.1 Å². The van der Waals surface area contributed by atoms with E-state index in [1.165, 1.54) is 0 Å². The molecule has 0 radical (unpaired) electrons. The molecule has 3 nitrogen and oxygen atoms in total. The molecule has 2 aromatic rings. The second-order valence-corrected chi connectivity index (χ2v) is 6.42. The maximum absolute atomic E-state index is 12.3. The monoisotopic (exact) mass is 380 g/mol. The highest BCUT2D eigenvalue weighted by Crippen LogP contribution is 2.21. The molecule has 116 valence electrons. The Hall–Kier alpha value is -1.52. The number of nitrogens with zero attached hydrogens (tertiary/aromatic N) is 1. The van der Waals surface area contributed by atoms with Gasteiger partial charge < -0.3 is 10.2 Å². The lowest BCUT2D eigenvalue weighted by molar-refractivity contribution is 0.0951. The summed E-state index contributed by atoms with van der Waals surface area (Å²) in [6.45, 7) is 2.61. The molecule has 5 heteroatoms. The van der Waals surface area contributed by atoms with E-state index in [0.717, 1.165) is 10.2 Å². The van der Waals surface area contributed by atoms with Crippen LogP contribution in [0.2, 0.25) is 5.02 Å². The molecule has 2 rings (SSSR count). The molecular formula is C17H18BrClN2O. The number of amides is 1. The minimum absolute atomic E-state index is 0.136. The molecule has 0 spiro atoms. The van der Waals surface area contributed by atoms with Gasteiger partial charge in [-0.3, -0.25) is 4.79 Å². The Morgan fingerprint density at radius 2 is 1.95 bits per heavy atom. The van der Waals surface area contributed by atoms with Gasteiger partial charge >= 0.3 is 0 Å². The number of anilines is 1. The van der Waals surface area contributed by atoms with Crippen molar-refractivity contribution < 1.29 is 4.79 Å². The van der Waals surface area contributed by atoms with Crippen LogP contribution < -0.4 is 10.2 Å². The standard InChI is InChI=1S/C17H18BrClN2O/c1-12(21(2)14-6-4-3-5-7-14)11-20-17(22)15-10-13(19)8-9-16(15)18/h3-10,12H,11H2,1-2H3,(H,20,22). The zero-order valence-electron chi connectivity index (χ0n) is 12.5. The van der Waals surface area contributed by atoms with Gasteiger partial charge in [0, 0.05) is 34.8 Å². The number of carbonyl (C=O) groups is 1. The van der Waals surface area contributed by atoms with Crippen molar-refractivity contribution in [3.05, 3.63) is 63.6 Å². The lowest BCUT2D eigenvalue weighted by Gasteiger charge is -2.27. The maximum atomic E-state index is 12.3. The molecule has 2 aromatic carbocycles. The molecule has 1 amide bonds. The number of benzene rings is 2. The van der Waals surface area contributed by atoms with E-state index in [1.807, 2.05) is 37.4 Å². The summed E-state index contributed by atoms with van der Waals surface area (Å²) in [6.07, 6.45) is 0. The normalized spacial score (nSPS) is 11.8. The quantitative estimate of drug-likeness (QED) is 0.834. The highest BCUT2D eigenvalue weighted by molar-refractivity contribution is 9.10. The van der Waals surface area contributed by atoms with Crippen LogP contribution in [0.5, 0.6) is 0 Å². The van der Waals surface area contributed by atoms with Crippen LogP contribution in [0, 0.1) is 0 Å². The van der Waals surface area contributed by atoms with E-state index in [0.29, 0.717) is 17.1 Å². The lowest BCUT2D eigenvalue weighted by atomic mass is 10.2. The van der Waals surface area contributed by atoms with Crippen LogP contribution in [-0.4, -0.2) is 25.5 Å². The summed E-state index contributed by atoms with van der Waals surface area (Å²) in [7, 11) is 2.02. The number of nitrogens with one attached hydrogen (secondary N) is 1. The van der Waals surface area contributed by atoms with E-state index in [1.54, 1.807) is 18.2 Å². The Balaban J connectivity index is 1.97. The van der Waals surface area contributed by atoms with Crippen molar-refractivity contribution in [2.45, 2.75) is 13.0 Å². The Labute approximate surface area is 144 Å². The van der Waals surface area contributed by atoms with Crippen LogP contribution in [0.3, 0.4) is 0 Å². The van der Waals surface area contributed by atoms with Gasteiger partial charge in [-0.05, 0) is 53.2 Å². The molecule has 22 heavy (non-hydrogen) atoms. The highest BCUT2D eigenvalue weighted by Gasteiger charge is 2.14. The lowest BCUT2D eigenvalue weighted by Crippen LogP contribution is -2.40. The van der Waals surface area contributed by atoms with Gasteiger partial charge in [0.1, 0.15) is 0 Å². The first-order valence-corrected chi connectivity index (χ1v) is 8.17. The average Bonchev–Trinajstić information content (AvgIpc) is 2.54. The predicted molar refractivity (Wildman–Crippen MR) is 95.8 cm³/mol. The van der Waals surface area contributed by atoms with Crippen molar-refractivity contribution in [3.8, 4) is 0 Å². The molecular weight excluding hydrogens is 364 g/mol. The third kappa shape index (κ3) is 4.24. The average molecular weight is 382 g/mol. The predicted octanol–water partition coefficient (Wildman–Crippen LogP) is 4.36. The van der Waals surface area contributed by atoms with E-state index in [-0.39, 0.29) is 11.9 Å². The molecule has 1 unspecified atom stereocenters. The zero-order valence-corrected chi connectivity index (χ0v) is 14.9. The molecule has 0 heterocycles. The number of carbonyl (C=O) groups excluding carboxylic acids is 1. The fourth-order valence-corrected chi connectivity index (χ4v) is 2.66. The van der Waals surface area contributed by atoms with E-state index >= 15 is 0 Å². The van der Waals surface area contributed by atoms with Crippen LogP contribution in [0.25, 0.3) is 0 Å². The Morgan fingerprint density at radius 1 is 1.27 bits per heavy atom. The molecule has 0 fully saturated rings. The van der Waals surface area contributed by atoms with Gasteiger partial charge in [0.15, 0.2) is 0 Å². The third-order valence-corrected chi connectivity index (χ3v) is 4.48. The third-order valence-electron chi connectivity index (χ3n) is 3.56. The van der Waals surface area contributed by atoms with Crippen molar-refractivity contribution in [1.29, 1.82) is 0 Å². The first-order chi connectivity index (χ1) is 10.5. The van der Waals surface area contributed by atoms with E-state index < -0.39 is 0 Å². The van der Waals surface area contributed by atoms with Gasteiger partial charge in [-0.15, -0.1) is 0 Å². The van der Waals surface area contributed by atoms with Crippen LogP contribution in [0.4, 0.5) is 5.69 Å². The van der Waals surface area contributed by atoms with E-state index in [9.17, 15) is 4.79 Å². The van der Waals surface area contributed by atoms with Crippen LogP contribution in [0.15, 0.2) is 53.0 Å². The van der Waals surface area contributed by atoms with Gasteiger partial charge in [0.05, 0.1) is 5.56 Å². The molecule has 0 aliphatic rings. The minimum Gasteiger partial charge on any atom is -0.370 e. The summed E-state index contributed by atoms with van der Waals surface area (Å²) >= 11 is 9.32. The van der Waals surface area contributed by atoms with Crippen molar-refractivity contribution in [3.63, 3.8) is 0 Å². The Morgan fingerprint density at radius 3 is 2.64 bits per heavy atom. The van der Waals surface area contributed by atoms with Crippen LogP contribution in [-0.2, 0) is 0 Å². The molecule has 0 aliphatic carbocycles. The minimum atomic E-state index is -0.136. The molecule has 1 N–H and O–H groups in total. The molecule has 1 atom stereocenters. The summed E-state index contributed by atoms with van der Waals surface area (Å²) < 4.78 is 0.735. The summed E-state index contributed by atoms with van der Waals surface area (Å²) in [6, 6.07) is 15.4. The number of likely N-dealkylation sites (N-methyl/N-ethyl adjacent to an activating group) is 1. The molecule has 0 saturated heterocycles. The summed E-state index contributed by atoms with van der Waals surface area (Å²) in [5.41, 5.74) is 1.66. The highest BCUT2D eigenvalue weighted by atomic mass is 79.9. The summed E-state index contributed by atoms with van der Waals surface area (Å²) in [5.74, 6) is -0.136. The van der Waals surface area contributed by atoms with Crippen molar-refractivity contribution >= 4 is 39.1 Å². The molecule has 0 bridgehead atoms. The van der Waals surface area contributed by atoms with Crippen LogP contribution >= 0.6 is 27.5 Å². The Bertz CT molecular complexity index is 648. The first-order valence-electron chi connectivity index (χ1n) is 7.00. The maximum Gasteiger partial charge on any atom is 0.252 e. The number of halogens is 2. The van der Waals surface area contributed by atoms with E-state index in [4.69, 9.17) is 11.6 Å². The Kier molecular flexibility index (Phi) is 5.86. The van der Waals surface area contributed by atoms with Crippen molar-refractivity contribution in [2.75, 3.05) is 18.5 Å². The fraction of sp³-hybridized carbons (Fsp3) is 0.235. The van der Waals surface area contributed by atoms with Gasteiger partial charge in [-0.25, -0.2) is 0 Å². The van der Waals surface area contributed by atoms with Crippen molar-refractivity contribution in [2.24, 2.45) is 0 Å². The number of hydrogen-bond acceptors (Lipinski definition) is 2. The van der Waals surface area contributed by atoms with Gasteiger partial charge in [-0.1, -0.05) is 29.8 Å². The first kappa shape index (κ1) is 16.8. The van der Waals surface area contributed by atoms with Crippen molar-refractivity contribution in [1.82, 2.24) is 5.32 Å². The molecule has 0 saturated carbocycles. The summed E-state index contributed by atoms with van der Waals surface area (Å²) in [4.78, 5) is 14.4. The number of rotatable bonds is 5. The van der Waals surface area contributed by atoms with Gasteiger partial charge in [-0.2, -0.15) is 0 Å². The molecule has 0 aliphatic heterocycles. The number of para-hydroxylation sites is 1. The summed E-state index contributed by atoms with van der Waals surface area (Å²) in [5, 5.41) is 3.49. The number of hydrogen-bond donors (Lipinski definition) is 1. The second kappa shape index (κ2) is 7.65. The zero-order chi connectivity index (χ0) is 16.1. The largest absolute Gasteiger partial charge is 0.370 e.